The van der Waals surface area contributed by atoms with Crippen LogP contribution in [0.4, 0.5) is 5.69 Å². The molecular formula is C23H24Cl2N2O4S. The van der Waals surface area contributed by atoms with Crippen molar-refractivity contribution in [2.45, 2.75) is 24.2 Å². The zero-order valence-corrected chi connectivity index (χ0v) is 20.4. The van der Waals surface area contributed by atoms with E-state index in [9.17, 15) is 13.2 Å². The van der Waals surface area contributed by atoms with Crippen molar-refractivity contribution in [1.82, 2.24) is 4.31 Å². The topological polar surface area (TPSA) is 66.9 Å². The third-order valence-corrected chi connectivity index (χ3v) is 8.76. The van der Waals surface area contributed by atoms with Gasteiger partial charge in [0.15, 0.2) is 5.78 Å². The molecule has 2 aliphatic heterocycles. The van der Waals surface area contributed by atoms with Gasteiger partial charge in [0.05, 0.1) is 23.3 Å². The van der Waals surface area contributed by atoms with Gasteiger partial charge in [-0.25, -0.2) is 8.42 Å². The van der Waals surface area contributed by atoms with Crippen LogP contribution in [0.2, 0.25) is 10.0 Å². The molecule has 0 unspecified atom stereocenters. The molecule has 0 aliphatic carbocycles. The fourth-order valence-corrected chi connectivity index (χ4v) is 6.55. The van der Waals surface area contributed by atoms with Crippen LogP contribution in [0.1, 0.15) is 29.8 Å². The Balaban J connectivity index is 1.75. The van der Waals surface area contributed by atoms with Crippen molar-refractivity contribution in [1.29, 1.82) is 0 Å². The zero-order valence-electron chi connectivity index (χ0n) is 18.1. The minimum absolute atomic E-state index is 0.0172. The number of halogens is 2. The lowest BCUT2D eigenvalue weighted by Crippen LogP contribution is -2.40. The zero-order chi connectivity index (χ0) is 23.3. The van der Waals surface area contributed by atoms with Gasteiger partial charge in [-0.1, -0.05) is 55.2 Å². The predicted molar refractivity (Wildman–Crippen MR) is 126 cm³/mol. The number of morpholine rings is 1. The summed E-state index contributed by atoms with van der Waals surface area (Å²) < 4.78 is 32.9. The van der Waals surface area contributed by atoms with Gasteiger partial charge in [0.1, 0.15) is 4.90 Å². The first-order valence-corrected chi connectivity index (χ1v) is 12.4. The molecule has 1 saturated heterocycles. The quantitative estimate of drug-likeness (QED) is 0.462. The van der Waals surface area contributed by atoms with Crippen LogP contribution in [0, 0.1) is 0 Å². The van der Waals surface area contributed by atoms with E-state index < -0.39 is 15.4 Å². The average molecular weight is 495 g/mol. The maximum absolute atomic E-state index is 13.3. The third kappa shape index (κ3) is 3.86. The van der Waals surface area contributed by atoms with E-state index in [0.717, 1.165) is 16.9 Å². The maximum atomic E-state index is 13.3. The molecule has 0 bridgehead atoms. The van der Waals surface area contributed by atoms with Crippen LogP contribution >= 0.6 is 23.2 Å². The summed E-state index contributed by atoms with van der Waals surface area (Å²) >= 11 is 12.6. The van der Waals surface area contributed by atoms with Crippen molar-refractivity contribution in [3.63, 3.8) is 0 Å². The lowest BCUT2D eigenvalue weighted by atomic mass is 9.83. The lowest BCUT2D eigenvalue weighted by Gasteiger charge is -2.26. The van der Waals surface area contributed by atoms with Crippen molar-refractivity contribution < 1.29 is 17.9 Å². The number of likely N-dealkylation sites (N-methyl/N-ethyl adjacent to an activating group) is 1. The molecule has 9 heteroatoms. The second-order valence-electron chi connectivity index (χ2n) is 8.37. The molecule has 2 aliphatic rings. The first kappa shape index (κ1) is 23.3. The maximum Gasteiger partial charge on any atom is 0.244 e. The number of fused-ring (bicyclic) bond motifs is 1. The van der Waals surface area contributed by atoms with E-state index in [1.807, 2.05) is 50.1 Å². The number of ketones is 1. The number of benzene rings is 2. The van der Waals surface area contributed by atoms with Gasteiger partial charge in [0.2, 0.25) is 10.0 Å². The second kappa shape index (κ2) is 8.47. The van der Waals surface area contributed by atoms with E-state index in [1.54, 1.807) is 0 Å². The average Bonchev–Trinajstić information content (AvgIpc) is 2.95. The van der Waals surface area contributed by atoms with Gasteiger partial charge in [0, 0.05) is 48.6 Å². The van der Waals surface area contributed by atoms with E-state index in [-0.39, 0.29) is 39.4 Å². The molecule has 0 atom stereocenters. The number of hydrogen-bond donors (Lipinski definition) is 0. The molecule has 2 aromatic rings. The molecule has 0 aromatic heterocycles. The molecule has 0 saturated carbocycles. The number of allylic oxidation sites excluding steroid dienone is 2. The Kier molecular flexibility index (Phi) is 6.15. The Bertz CT molecular complexity index is 1220. The highest BCUT2D eigenvalue weighted by atomic mass is 35.5. The van der Waals surface area contributed by atoms with Crippen molar-refractivity contribution >= 4 is 44.7 Å². The van der Waals surface area contributed by atoms with Gasteiger partial charge in [-0.15, -0.1) is 0 Å². The van der Waals surface area contributed by atoms with Gasteiger partial charge >= 0.3 is 0 Å². The van der Waals surface area contributed by atoms with E-state index in [4.69, 9.17) is 27.9 Å². The fraction of sp³-hybridized carbons (Fsp3) is 0.348. The van der Waals surface area contributed by atoms with Gasteiger partial charge in [-0.2, -0.15) is 4.31 Å². The van der Waals surface area contributed by atoms with E-state index in [0.29, 0.717) is 13.2 Å². The summed E-state index contributed by atoms with van der Waals surface area (Å²) in [6.45, 7) is 5.17. The predicted octanol–water partition coefficient (Wildman–Crippen LogP) is 4.51. The molecule has 0 spiro atoms. The molecule has 170 valence electrons. The number of hydrogen-bond acceptors (Lipinski definition) is 5. The van der Waals surface area contributed by atoms with Crippen LogP contribution in [0.3, 0.4) is 0 Å². The largest absolute Gasteiger partial charge is 0.379 e. The lowest BCUT2D eigenvalue weighted by molar-refractivity contribution is 0.0730. The van der Waals surface area contributed by atoms with Crippen molar-refractivity contribution in [2.24, 2.45) is 0 Å². The van der Waals surface area contributed by atoms with Crippen molar-refractivity contribution in [3.8, 4) is 0 Å². The molecule has 6 nitrogen and oxygen atoms in total. The number of carbonyl (C=O) groups is 1. The summed E-state index contributed by atoms with van der Waals surface area (Å²) in [7, 11) is -1.98. The summed E-state index contributed by atoms with van der Waals surface area (Å²) in [5.74, 6) is -0.382. The van der Waals surface area contributed by atoms with Crippen LogP contribution in [0.25, 0.3) is 0 Å². The summed E-state index contributed by atoms with van der Waals surface area (Å²) in [4.78, 5) is 15.2. The first-order chi connectivity index (χ1) is 15.0. The number of sulfonamides is 1. The smallest absolute Gasteiger partial charge is 0.244 e. The molecule has 0 N–H and O–H groups in total. The van der Waals surface area contributed by atoms with Crippen LogP contribution < -0.4 is 4.90 Å². The fourth-order valence-electron chi connectivity index (χ4n) is 4.30. The third-order valence-electron chi connectivity index (χ3n) is 6.08. The Morgan fingerprint density at radius 2 is 1.75 bits per heavy atom. The van der Waals surface area contributed by atoms with Crippen molar-refractivity contribution in [3.05, 3.63) is 69.3 Å². The standard InChI is InChI=1S/C23H24Cl2N2O4S/c1-23(2)16-6-4-5-7-19(16)26(3)22(23)14-20(28)15-12-21(18(25)13-17(15)24)32(29,30)27-8-10-31-11-9-27/h4-7,12-14H,8-11H2,1-3H3/b22-14+. The normalized spacial score (nSPS) is 19.9. The number of anilines is 1. The SMILES string of the molecule is CN1/C(=C/C(=O)c2cc(S(=O)(=O)N3CCOCC3)c(Cl)cc2Cl)C(C)(C)c2ccccc21. The Labute approximate surface area is 198 Å². The first-order valence-electron chi connectivity index (χ1n) is 10.2. The monoisotopic (exact) mass is 494 g/mol. The molecule has 1 fully saturated rings. The van der Waals surface area contributed by atoms with Gasteiger partial charge in [-0.05, 0) is 23.8 Å². The summed E-state index contributed by atoms with van der Waals surface area (Å²) in [6, 6.07) is 10.6. The van der Waals surface area contributed by atoms with E-state index >= 15 is 0 Å². The van der Waals surface area contributed by atoms with Gasteiger partial charge in [-0.3, -0.25) is 4.79 Å². The molecular weight excluding hydrogens is 471 g/mol. The Morgan fingerprint density at radius 1 is 1.09 bits per heavy atom. The van der Waals surface area contributed by atoms with E-state index in [2.05, 4.69) is 0 Å². The number of para-hydroxylation sites is 1. The highest BCUT2D eigenvalue weighted by Crippen LogP contribution is 2.46. The summed E-state index contributed by atoms with van der Waals surface area (Å²) in [5.41, 5.74) is 2.62. The molecule has 32 heavy (non-hydrogen) atoms. The van der Waals surface area contributed by atoms with Crippen LogP contribution in [-0.2, 0) is 20.2 Å². The van der Waals surface area contributed by atoms with Crippen LogP contribution in [-0.4, -0.2) is 51.9 Å². The highest BCUT2D eigenvalue weighted by Gasteiger charge is 2.39. The Hall–Kier alpha value is -1.90. The molecule has 2 aromatic carbocycles. The number of carbonyl (C=O) groups excluding carboxylic acids is 1. The molecule has 0 radical (unpaired) electrons. The molecule has 2 heterocycles. The van der Waals surface area contributed by atoms with Crippen LogP contribution in [0.5, 0.6) is 0 Å². The number of ether oxygens (including phenoxy) is 1. The van der Waals surface area contributed by atoms with Crippen LogP contribution in [0.15, 0.2) is 53.1 Å². The Morgan fingerprint density at radius 3 is 2.41 bits per heavy atom. The molecule has 4 rings (SSSR count). The number of nitrogens with zero attached hydrogens (tertiary/aromatic N) is 2. The van der Waals surface area contributed by atoms with E-state index in [1.165, 1.54) is 22.5 Å². The minimum atomic E-state index is -3.89. The molecule has 0 amide bonds. The summed E-state index contributed by atoms with van der Waals surface area (Å²) in [5, 5.41) is 0.0881. The van der Waals surface area contributed by atoms with Gasteiger partial charge in [0.25, 0.3) is 0 Å². The summed E-state index contributed by atoms with van der Waals surface area (Å²) in [6.07, 6.45) is 1.53. The highest BCUT2D eigenvalue weighted by molar-refractivity contribution is 7.89. The number of rotatable bonds is 4. The second-order valence-corrected chi connectivity index (χ2v) is 11.1. The minimum Gasteiger partial charge on any atom is -0.379 e. The van der Waals surface area contributed by atoms with Gasteiger partial charge < -0.3 is 9.64 Å². The van der Waals surface area contributed by atoms with Crippen molar-refractivity contribution in [2.75, 3.05) is 38.3 Å².